The molecule has 0 unspecified atom stereocenters. The summed E-state index contributed by atoms with van der Waals surface area (Å²) in [5, 5.41) is 4.41. The topological polar surface area (TPSA) is 73.1 Å². The number of hydrogen-bond acceptors (Lipinski definition) is 5. The number of benzene rings is 1. The van der Waals surface area contributed by atoms with Gasteiger partial charge in [0.1, 0.15) is 0 Å². The minimum absolute atomic E-state index is 0.612. The average Bonchev–Trinajstić information content (AvgIpc) is 2.55. The van der Waals surface area contributed by atoms with Gasteiger partial charge in [-0.25, -0.2) is 4.98 Å². The summed E-state index contributed by atoms with van der Waals surface area (Å²) in [7, 11) is 1.60. The fourth-order valence-corrected chi connectivity index (χ4v) is 2.18. The molecule has 0 saturated heterocycles. The highest BCUT2D eigenvalue weighted by atomic mass is 16.5. The Morgan fingerprint density at radius 1 is 1.14 bits per heavy atom. The van der Waals surface area contributed by atoms with Crippen molar-refractivity contribution in [3.63, 3.8) is 0 Å². The molecule has 0 aliphatic rings. The maximum absolute atomic E-state index is 5.95. The fourth-order valence-electron chi connectivity index (χ4n) is 2.18. The predicted octanol–water partition coefficient (Wildman–Crippen LogP) is 2.83. The summed E-state index contributed by atoms with van der Waals surface area (Å²) in [5.41, 5.74) is 9.52. The van der Waals surface area contributed by atoms with Crippen LogP contribution in [0.1, 0.15) is 5.56 Å². The van der Waals surface area contributed by atoms with E-state index in [1.54, 1.807) is 19.5 Å². The molecule has 5 heteroatoms. The van der Waals surface area contributed by atoms with Crippen molar-refractivity contribution in [2.75, 3.05) is 18.2 Å². The summed E-state index contributed by atoms with van der Waals surface area (Å²) in [5.74, 6) is 0.612. The van der Waals surface area contributed by atoms with E-state index in [0.29, 0.717) is 18.1 Å². The van der Waals surface area contributed by atoms with Gasteiger partial charge in [-0.3, -0.25) is 4.98 Å². The molecule has 0 spiro atoms. The number of methoxy groups -OCH3 is 1. The van der Waals surface area contributed by atoms with E-state index in [1.807, 2.05) is 36.4 Å². The third-order valence-electron chi connectivity index (χ3n) is 3.29. The van der Waals surface area contributed by atoms with E-state index >= 15 is 0 Å². The van der Waals surface area contributed by atoms with Gasteiger partial charge >= 0.3 is 0 Å². The number of nitrogens with zero attached hydrogens (tertiary/aromatic N) is 2. The second kappa shape index (κ2) is 5.66. The number of nitrogen functional groups attached to an aromatic ring is 1. The second-order valence-electron chi connectivity index (χ2n) is 4.66. The first-order valence-electron chi connectivity index (χ1n) is 6.64. The number of ether oxygens (including phenoxy) is 1. The normalized spacial score (nSPS) is 10.5. The monoisotopic (exact) mass is 280 g/mol. The third-order valence-corrected chi connectivity index (χ3v) is 3.29. The summed E-state index contributed by atoms with van der Waals surface area (Å²) in [4.78, 5) is 8.52. The Kier molecular flexibility index (Phi) is 3.55. The minimum atomic E-state index is 0.612. The maximum Gasteiger partial charge on any atom is 0.212 e. The van der Waals surface area contributed by atoms with E-state index in [9.17, 15) is 0 Å². The highest BCUT2D eigenvalue weighted by Crippen LogP contribution is 2.26. The smallest absolute Gasteiger partial charge is 0.212 e. The van der Waals surface area contributed by atoms with Gasteiger partial charge in [-0.2, -0.15) is 0 Å². The van der Waals surface area contributed by atoms with Crippen molar-refractivity contribution in [3.05, 3.63) is 54.4 Å². The summed E-state index contributed by atoms with van der Waals surface area (Å²) in [6.45, 7) is 0.672. The van der Waals surface area contributed by atoms with Crippen LogP contribution in [0.3, 0.4) is 0 Å². The van der Waals surface area contributed by atoms with Crippen LogP contribution in [0.5, 0.6) is 5.88 Å². The molecule has 5 nitrogen and oxygen atoms in total. The second-order valence-corrected chi connectivity index (χ2v) is 4.66. The molecule has 1 aromatic carbocycles. The SMILES string of the molecule is COc1ccc(CNc2ccc(N)c3ncccc23)cn1. The quantitative estimate of drug-likeness (QED) is 0.719. The van der Waals surface area contributed by atoms with E-state index in [-0.39, 0.29) is 0 Å². The van der Waals surface area contributed by atoms with Gasteiger partial charge in [0.25, 0.3) is 0 Å². The Morgan fingerprint density at radius 2 is 2.05 bits per heavy atom. The van der Waals surface area contributed by atoms with Crippen LogP contribution in [0.25, 0.3) is 10.9 Å². The van der Waals surface area contributed by atoms with E-state index in [0.717, 1.165) is 22.2 Å². The molecule has 106 valence electrons. The molecule has 3 aromatic rings. The predicted molar refractivity (Wildman–Crippen MR) is 84.3 cm³/mol. The number of nitrogens with one attached hydrogen (secondary N) is 1. The van der Waals surface area contributed by atoms with Crippen molar-refractivity contribution in [3.8, 4) is 5.88 Å². The van der Waals surface area contributed by atoms with Crippen molar-refractivity contribution < 1.29 is 4.74 Å². The standard InChI is InChI=1S/C16H16N4O/c1-21-15-7-4-11(10-20-15)9-19-14-6-5-13(17)16-12(14)3-2-8-18-16/h2-8,10,19H,9,17H2,1H3. The third kappa shape index (κ3) is 2.72. The summed E-state index contributed by atoms with van der Waals surface area (Å²) in [6, 6.07) is 11.6. The van der Waals surface area contributed by atoms with Crippen LogP contribution >= 0.6 is 0 Å². The molecule has 2 aromatic heterocycles. The Bertz CT molecular complexity index is 756. The fraction of sp³-hybridized carbons (Fsp3) is 0.125. The summed E-state index contributed by atoms with van der Waals surface area (Å²) < 4.78 is 5.05. The zero-order valence-corrected chi connectivity index (χ0v) is 11.7. The number of hydrogen-bond donors (Lipinski definition) is 2. The van der Waals surface area contributed by atoms with E-state index in [1.165, 1.54) is 0 Å². The van der Waals surface area contributed by atoms with Gasteiger partial charge in [-0.05, 0) is 29.8 Å². The van der Waals surface area contributed by atoms with Gasteiger partial charge < -0.3 is 15.8 Å². The first-order chi connectivity index (χ1) is 10.3. The zero-order valence-electron chi connectivity index (χ0n) is 11.7. The molecule has 0 fully saturated rings. The Morgan fingerprint density at radius 3 is 2.81 bits per heavy atom. The maximum atomic E-state index is 5.95. The molecule has 3 rings (SSSR count). The van der Waals surface area contributed by atoms with E-state index < -0.39 is 0 Å². The lowest BCUT2D eigenvalue weighted by Gasteiger charge is -2.11. The van der Waals surface area contributed by atoms with Crippen LogP contribution < -0.4 is 15.8 Å². The molecule has 0 radical (unpaired) electrons. The Hall–Kier alpha value is -2.82. The van der Waals surface area contributed by atoms with Gasteiger partial charge in [0.05, 0.1) is 18.3 Å². The first kappa shape index (κ1) is 13.2. The van der Waals surface area contributed by atoms with Crippen molar-refractivity contribution in [2.45, 2.75) is 6.54 Å². The molecular formula is C16H16N4O. The highest BCUT2D eigenvalue weighted by molar-refractivity contribution is 5.98. The Labute approximate surface area is 122 Å². The molecule has 0 atom stereocenters. The molecule has 0 aliphatic heterocycles. The summed E-state index contributed by atoms with van der Waals surface area (Å²) >= 11 is 0. The van der Waals surface area contributed by atoms with Crippen LogP contribution in [0.15, 0.2) is 48.8 Å². The first-order valence-corrected chi connectivity index (χ1v) is 6.64. The van der Waals surface area contributed by atoms with Gasteiger partial charge in [0, 0.05) is 36.1 Å². The lowest BCUT2D eigenvalue weighted by Crippen LogP contribution is -2.02. The Balaban J connectivity index is 1.83. The molecule has 0 bridgehead atoms. The molecular weight excluding hydrogens is 264 g/mol. The van der Waals surface area contributed by atoms with Gasteiger partial charge in [0.15, 0.2) is 0 Å². The van der Waals surface area contributed by atoms with Gasteiger partial charge in [0.2, 0.25) is 5.88 Å². The molecule has 0 amide bonds. The van der Waals surface area contributed by atoms with Crippen LogP contribution in [-0.4, -0.2) is 17.1 Å². The van der Waals surface area contributed by atoms with Crippen molar-refractivity contribution in [2.24, 2.45) is 0 Å². The van der Waals surface area contributed by atoms with Crippen molar-refractivity contribution in [1.29, 1.82) is 0 Å². The largest absolute Gasteiger partial charge is 0.481 e. The average molecular weight is 280 g/mol. The van der Waals surface area contributed by atoms with Crippen molar-refractivity contribution >= 4 is 22.3 Å². The molecule has 0 aliphatic carbocycles. The minimum Gasteiger partial charge on any atom is -0.481 e. The lowest BCUT2D eigenvalue weighted by molar-refractivity contribution is 0.397. The molecule has 3 N–H and O–H groups in total. The number of fused-ring (bicyclic) bond motifs is 1. The van der Waals surface area contributed by atoms with Crippen LogP contribution in [0.4, 0.5) is 11.4 Å². The van der Waals surface area contributed by atoms with E-state index in [2.05, 4.69) is 15.3 Å². The lowest BCUT2D eigenvalue weighted by atomic mass is 10.1. The number of anilines is 2. The molecule has 2 heterocycles. The van der Waals surface area contributed by atoms with Crippen LogP contribution in [0.2, 0.25) is 0 Å². The number of pyridine rings is 2. The van der Waals surface area contributed by atoms with Crippen LogP contribution in [-0.2, 0) is 6.54 Å². The molecule has 0 saturated carbocycles. The number of aromatic nitrogens is 2. The molecule has 21 heavy (non-hydrogen) atoms. The van der Waals surface area contributed by atoms with Gasteiger partial charge in [-0.1, -0.05) is 6.07 Å². The van der Waals surface area contributed by atoms with E-state index in [4.69, 9.17) is 10.5 Å². The zero-order chi connectivity index (χ0) is 14.7. The van der Waals surface area contributed by atoms with Gasteiger partial charge in [-0.15, -0.1) is 0 Å². The summed E-state index contributed by atoms with van der Waals surface area (Å²) in [6.07, 6.45) is 3.54. The number of rotatable bonds is 4. The van der Waals surface area contributed by atoms with Crippen LogP contribution in [0, 0.1) is 0 Å². The highest BCUT2D eigenvalue weighted by Gasteiger charge is 2.04. The number of nitrogens with two attached hydrogens (primary N) is 1. The van der Waals surface area contributed by atoms with Crippen molar-refractivity contribution in [1.82, 2.24) is 9.97 Å².